The van der Waals surface area contributed by atoms with Gasteiger partial charge in [-0.25, -0.2) is 0 Å². The topological polar surface area (TPSA) is 133 Å². The Morgan fingerprint density at radius 2 is 1.82 bits per heavy atom. The van der Waals surface area contributed by atoms with Crippen LogP contribution in [-0.4, -0.2) is 42.9 Å². The molecule has 0 radical (unpaired) electrons. The maximum absolute atomic E-state index is 13.3. The van der Waals surface area contributed by atoms with Gasteiger partial charge in [0.05, 0.1) is 23.6 Å². The molecule has 38 heavy (non-hydrogen) atoms. The average molecular weight is 508 g/mol. The summed E-state index contributed by atoms with van der Waals surface area (Å²) in [6.45, 7) is 1.77. The molecule has 0 saturated heterocycles. The normalized spacial score (nSPS) is 11.3. The van der Waals surface area contributed by atoms with Gasteiger partial charge in [0.15, 0.2) is 11.7 Å². The van der Waals surface area contributed by atoms with Gasteiger partial charge >= 0.3 is 0 Å². The number of ketones is 1. The molecule has 0 atom stereocenters. The molecule has 2 aromatic heterocycles. The van der Waals surface area contributed by atoms with Crippen molar-refractivity contribution in [3.05, 3.63) is 106 Å². The summed E-state index contributed by atoms with van der Waals surface area (Å²) in [5.41, 5.74) is 5.02. The van der Waals surface area contributed by atoms with Crippen LogP contribution in [0.2, 0.25) is 0 Å². The number of fused-ring (bicyclic) bond motifs is 1. The number of nitrogens with one attached hydrogen (secondary N) is 2. The predicted octanol–water partition coefficient (Wildman–Crippen LogP) is 4.64. The summed E-state index contributed by atoms with van der Waals surface area (Å²) in [7, 11) is 1.70. The summed E-state index contributed by atoms with van der Waals surface area (Å²) in [6, 6.07) is 20.7. The zero-order chi connectivity index (χ0) is 26.8. The van der Waals surface area contributed by atoms with E-state index in [1.807, 2.05) is 6.92 Å². The lowest BCUT2D eigenvalue weighted by atomic mass is 10.0. The first-order valence-corrected chi connectivity index (χ1v) is 11.9. The summed E-state index contributed by atoms with van der Waals surface area (Å²) < 4.78 is 1.51. The molecule has 0 spiro atoms. The lowest BCUT2D eigenvalue weighted by molar-refractivity contribution is 0.101. The van der Waals surface area contributed by atoms with Crippen LogP contribution in [-0.2, 0) is 13.7 Å². The molecule has 0 unspecified atom stereocenters. The first kappa shape index (κ1) is 24.7. The van der Waals surface area contributed by atoms with Gasteiger partial charge in [0.25, 0.3) is 5.91 Å². The predicted molar refractivity (Wildman–Crippen MR) is 145 cm³/mol. The zero-order valence-electron chi connectivity index (χ0n) is 20.8. The van der Waals surface area contributed by atoms with Crippen molar-refractivity contribution in [2.24, 2.45) is 12.0 Å². The number of benzene rings is 3. The molecular formula is C29H25N5O4. The zero-order valence-corrected chi connectivity index (χ0v) is 20.8. The fourth-order valence-corrected chi connectivity index (χ4v) is 4.23. The van der Waals surface area contributed by atoms with E-state index >= 15 is 0 Å². The highest BCUT2D eigenvalue weighted by Gasteiger charge is 2.16. The van der Waals surface area contributed by atoms with Crippen LogP contribution in [0.15, 0.2) is 77.8 Å². The number of anilines is 1. The van der Waals surface area contributed by atoms with E-state index in [0.717, 1.165) is 11.3 Å². The van der Waals surface area contributed by atoms with E-state index in [9.17, 15) is 19.8 Å². The van der Waals surface area contributed by atoms with Crippen molar-refractivity contribution in [1.29, 1.82) is 0 Å². The maximum Gasteiger partial charge on any atom is 0.273 e. The summed E-state index contributed by atoms with van der Waals surface area (Å²) >= 11 is 0. The van der Waals surface area contributed by atoms with Crippen molar-refractivity contribution in [2.75, 3.05) is 5.32 Å². The number of rotatable bonds is 7. The Labute approximate surface area is 218 Å². The highest BCUT2D eigenvalue weighted by molar-refractivity contribution is 6.13. The number of amides is 1. The number of hydrogen-bond acceptors (Lipinski definition) is 6. The molecule has 4 N–H and O–H groups in total. The van der Waals surface area contributed by atoms with Crippen LogP contribution in [0.5, 0.6) is 5.88 Å². The molecule has 3 aromatic carbocycles. The monoisotopic (exact) mass is 507 g/mol. The van der Waals surface area contributed by atoms with Gasteiger partial charge in [0.1, 0.15) is 5.69 Å². The Morgan fingerprint density at radius 3 is 2.53 bits per heavy atom. The Kier molecular flexibility index (Phi) is 6.59. The lowest BCUT2D eigenvalue weighted by Gasteiger charge is -2.08. The third kappa shape index (κ3) is 4.95. The summed E-state index contributed by atoms with van der Waals surface area (Å²) in [4.78, 5) is 33.2. The maximum atomic E-state index is 13.3. The Hall–Kier alpha value is -5.02. The fourth-order valence-electron chi connectivity index (χ4n) is 4.23. The van der Waals surface area contributed by atoms with Crippen LogP contribution in [0.25, 0.3) is 10.9 Å². The van der Waals surface area contributed by atoms with Crippen LogP contribution in [0.1, 0.15) is 43.2 Å². The SMILES string of the molecule is Cc1cc(C(=O)Nc2cccc(C(=O)c3ccc4c(C=Nc5ccc(CO)cc5)c(O)[nH]c4c3)c2)n(C)n1. The second kappa shape index (κ2) is 10.2. The number of aryl methyl sites for hydroxylation is 2. The van der Waals surface area contributed by atoms with Crippen LogP contribution >= 0.6 is 0 Å². The number of aromatic nitrogens is 3. The van der Waals surface area contributed by atoms with E-state index in [1.54, 1.807) is 86.1 Å². The number of aliphatic imine (C=N–C) groups is 1. The van der Waals surface area contributed by atoms with Crippen molar-refractivity contribution in [3.63, 3.8) is 0 Å². The molecule has 1 amide bonds. The first-order chi connectivity index (χ1) is 18.3. The molecule has 0 aliphatic carbocycles. The van der Waals surface area contributed by atoms with Crippen molar-refractivity contribution in [2.45, 2.75) is 13.5 Å². The molecule has 5 rings (SSSR count). The Balaban J connectivity index is 1.37. The van der Waals surface area contributed by atoms with E-state index in [0.29, 0.717) is 44.7 Å². The second-order valence-corrected chi connectivity index (χ2v) is 8.89. The van der Waals surface area contributed by atoms with Crippen LogP contribution in [0, 0.1) is 6.92 Å². The number of aromatic amines is 1. The molecule has 0 aliphatic rings. The van der Waals surface area contributed by atoms with Gasteiger partial charge in [-0.2, -0.15) is 5.10 Å². The van der Waals surface area contributed by atoms with Crippen molar-refractivity contribution >= 4 is 40.2 Å². The van der Waals surface area contributed by atoms with Gasteiger partial charge in [-0.15, -0.1) is 0 Å². The molecule has 2 heterocycles. The van der Waals surface area contributed by atoms with Crippen LogP contribution < -0.4 is 5.32 Å². The first-order valence-electron chi connectivity index (χ1n) is 11.9. The number of hydrogen-bond donors (Lipinski definition) is 4. The summed E-state index contributed by atoms with van der Waals surface area (Å²) in [5, 5.41) is 27.4. The third-order valence-electron chi connectivity index (χ3n) is 6.16. The van der Waals surface area contributed by atoms with Gasteiger partial charge in [-0.05, 0) is 48.9 Å². The Bertz CT molecular complexity index is 1700. The minimum absolute atomic E-state index is 0.0434. The number of carbonyl (C=O) groups excluding carboxylic acids is 2. The molecule has 0 aliphatic heterocycles. The van der Waals surface area contributed by atoms with Gasteiger partial charge in [0.2, 0.25) is 0 Å². The smallest absolute Gasteiger partial charge is 0.273 e. The molecule has 0 fully saturated rings. The lowest BCUT2D eigenvalue weighted by Crippen LogP contribution is -2.16. The van der Waals surface area contributed by atoms with Gasteiger partial charge in [0, 0.05) is 41.0 Å². The van der Waals surface area contributed by atoms with E-state index in [2.05, 4.69) is 20.4 Å². The highest BCUT2D eigenvalue weighted by atomic mass is 16.3. The third-order valence-corrected chi connectivity index (χ3v) is 6.16. The minimum atomic E-state index is -0.320. The molecule has 9 nitrogen and oxygen atoms in total. The quantitative estimate of drug-likeness (QED) is 0.188. The average Bonchev–Trinajstić information content (AvgIpc) is 3.43. The minimum Gasteiger partial charge on any atom is -0.494 e. The summed E-state index contributed by atoms with van der Waals surface area (Å²) in [6.07, 6.45) is 1.56. The van der Waals surface area contributed by atoms with Crippen LogP contribution in [0.3, 0.4) is 0 Å². The van der Waals surface area contributed by atoms with Gasteiger partial charge < -0.3 is 20.5 Å². The molecule has 0 bridgehead atoms. The molecular weight excluding hydrogens is 482 g/mol. The van der Waals surface area contributed by atoms with Crippen LogP contribution in [0.4, 0.5) is 11.4 Å². The number of aliphatic hydroxyl groups is 1. The standard InChI is InChI=1S/C29H25N5O4/c1-17-12-26(34(2)33-17)29(38)31-22-5-3-4-19(13-22)27(36)20-8-11-23-24(28(37)32-25(23)14-20)15-30-21-9-6-18(16-35)7-10-21/h3-15,32,35,37H,16H2,1-2H3,(H,31,38). The summed E-state index contributed by atoms with van der Waals surface area (Å²) in [5.74, 6) is -0.609. The van der Waals surface area contributed by atoms with E-state index in [-0.39, 0.29) is 24.2 Å². The largest absolute Gasteiger partial charge is 0.494 e. The Morgan fingerprint density at radius 1 is 1.05 bits per heavy atom. The number of H-pyrrole nitrogens is 1. The number of aromatic hydroxyl groups is 1. The fraction of sp³-hybridized carbons (Fsp3) is 0.103. The number of carbonyl (C=O) groups is 2. The molecule has 0 saturated carbocycles. The van der Waals surface area contributed by atoms with E-state index < -0.39 is 0 Å². The molecule has 9 heteroatoms. The van der Waals surface area contributed by atoms with Gasteiger partial charge in [-0.1, -0.05) is 36.4 Å². The van der Waals surface area contributed by atoms with E-state index in [1.165, 1.54) is 4.68 Å². The highest BCUT2D eigenvalue weighted by Crippen LogP contribution is 2.28. The number of aliphatic hydroxyl groups excluding tert-OH is 1. The van der Waals surface area contributed by atoms with E-state index in [4.69, 9.17) is 0 Å². The van der Waals surface area contributed by atoms with Gasteiger partial charge in [-0.3, -0.25) is 19.3 Å². The van der Waals surface area contributed by atoms with Crippen molar-refractivity contribution < 1.29 is 19.8 Å². The van der Waals surface area contributed by atoms with Crippen molar-refractivity contribution in [1.82, 2.24) is 14.8 Å². The second-order valence-electron chi connectivity index (χ2n) is 8.89. The molecule has 190 valence electrons. The molecule has 5 aromatic rings. The van der Waals surface area contributed by atoms with Crippen molar-refractivity contribution in [3.8, 4) is 5.88 Å². The number of nitrogens with zero attached hydrogens (tertiary/aromatic N) is 3.